The van der Waals surface area contributed by atoms with Crippen LogP contribution in [0.5, 0.6) is 5.75 Å². The Morgan fingerprint density at radius 3 is 2.31 bits per heavy atom. The molecule has 0 aromatic heterocycles. The van der Waals surface area contributed by atoms with E-state index in [1.165, 1.54) is 0 Å². The lowest BCUT2D eigenvalue weighted by Gasteiger charge is -2.35. The van der Waals surface area contributed by atoms with Crippen LogP contribution in [0.15, 0.2) is 66.7 Å². The molecule has 0 amide bonds. The van der Waals surface area contributed by atoms with Crippen LogP contribution >= 0.6 is 0 Å². The second kappa shape index (κ2) is 6.96. The van der Waals surface area contributed by atoms with E-state index in [0.717, 1.165) is 46.5 Å². The number of rotatable bonds is 2. The van der Waals surface area contributed by atoms with Gasteiger partial charge in [0.25, 0.3) is 0 Å². The first-order chi connectivity index (χ1) is 14.1. The van der Waals surface area contributed by atoms with Crippen LogP contribution in [0.3, 0.4) is 0 Å². The van der Waals surface area contributed by atoms with E-state index in [1.54, 1.807) is 6.07 Å². The van der Waals surface area contributed by atoms with Crippen molar-refractivity contribution in [2.75, 3.05) is 11.9 Å². The number of esters is 1. The van der Waals surface area contributed by atoms with Crippen molar-refractivity contribution in [2.24, 2.45) is 0 Å². The monoisotopic (exact) mass is 385 g/mol. The molecule has 4 heteroatoms. The third-order valence-electron chi connectivity index (χ3n) is 6.11. The third-order valence-corrected chi connectivity index (χ3v) is 6.11. The van der Waals surface area contributed by atoms with Gasteiger partial charge in [-0.05, 0) is 59.4 Å². The van der Waals surface area contributed by atoms with Crippen LogP contribution in [0, 0.1) is 0 Å². The molecule has 0 radical (unpaired) electrons. The fourth-order valence-corrected chi connectivity index (χ4v) is 4.67. The van der Waals surface area contributed by atoms with Gasteiger partial charge in [0.1, 0.15) is 17.8 Å². The molecule has 29 heavy (non-hydrogen) atoms. The number of aromatic hydroxyl groups is 1. The number of benzene rings is 3. The molecule has 3 aromatic carbocycles. The smallest absolute Gasteiger partial charge is 0.318 e. The van der Waals surface area contributed by atoms with Gasteiger partial charge in [-0.3, -0.25) is 4.79 Å². The maximum absolute atomic E-state index is 13.4. The SMILES string of the molecule is CN1c2ccccc2C(C(=O)OC2CCc3cc(O)ccc3C2)c2ccccc21. The molecule has 1 N–H and O–H groups in total. The summed E-state index contributed by atoms with van der Waals surface area (Å²) in [6.07, 6.45) is 2.14. The lowest BCUT2D eigenvalue weighted by atomic mass is 9.84. The van der Waals surface area contributed by atoms with Gasteiger partial charge in [0.15, 0.2) is 0 Å². The molecule has 0 saturated heterocycles. The van der Waals surface area contributed by atoms with E-state index in [9.17, 15) is 9.90 Å². The Bertz CT molecular complexity index is 1040. The lowest BCUT2D eigenvalue weighted by molar-refractivity contribution is -0.150. The number of hydrogen-bond donors (Lipinski definition) is 1. The van der Waals surface area contributed by atoms with Crippen LogP contribution in [0.1, 0.15) is 34.6 Å². The summed E-state index contributed by atoms with van der Waals surface area (Å²) in [5.74, 6) is -0.316. The molecule has 1 aliphatic carbocycles. The molecule has 0 saturated carbocycles. The summed E-state index contributed by atoms with van der Waals surface area (Å²) in [5, 5.41) is 9.69. The maximum Gasteiger partial charge on any atom is 0.318 e. The van der Waals surface area contributed by atoms with Gasteiger partial charge >= 0.3 is 5.97 Å². The van der Waals surface area contributed by atoms with Crippen molar-refractivity contribution >= 4 is 17.3 Å². The number of aryl methyl sites for hydroxylation is 1. The first-order valence-corrected chi connectivity index (χ1v) is 10.0. The Hall–Kier alpha value is -3.27. The van der Waals surface area contributed by atoms with Crippen LogP contribution < -0.4 is 4.90 Å². The number of phenols is 1. The molecule has 1 aliphatic heterocycles. The van der Waals surface area contributed by atoms with Crippen LogP contribution in [0.25, 0.3) is 0 Å². The number of para-hydroxylation sites is 2. The molecule has 0 spiro atoms. The van der Waals surface area contributed by atoms with Gasteiger partial charge in [-0.15, -0.1) is 0 Å². The minimum Gasteiger partial charge on any atom is -0.508 e. The van der Waals surface area contributed by atoms with Crippen molar-refractivity contribution in [2.45, 2.75) is 31.3 Å². The van der Waals surface area contributed by atoms with Gasteiger partial charge in [0.05, 0.1) is 0 Å². The second-order valence-electron chi connectivity index (χ2n) is 7.86. The molecule has 5 rings (SSSR count). The van der Waals surface area contributed by atoms with E-state index in [4.69, 9.17) is 4.74 Å². The minimum absolute atomic E-state index is 0.140. The predicted octanol–water partition coefficient (Wildman–Crippen LogP) is 4.71. The third kappa shape index (κ3) is 3.05. The molecule has 1 heterocycles. The van der Waals surface area contributed by atoms with Crippen molar-refractivity contribution < 1.29 is 14.6 Å². The molecule has 3 aromatic rings. The molecule has 2 aliphatic rings. The van der Waals surface area contributed by atoms with E-state index >= 15 is 0 Å². The van der Waals surface area contributed by atoms with Crippen molar-refractivity contribution in [3.63, 3.8) is 0 Å². The van der Waals surface area contributed by atoms with Gasteiger partial charge in [-0.1, -0.05) is 42.5 Å². The summed E-state index contributed by atoms with van der Waals surface area (Å²) in [6.45, 7) is 0. The number of anilines is 2. The second-order valence-corrected chi connectivity index (χ2v) is 7.86. The minimum atomic E-state index is -0.417. The molecule has 1 atom stereocenters. The topological polar surface area (TPSA) is 49.8 Å². The van der Waals surface area contributed by atoms with Gasteiger partial charge in [-0.25, -0.2) is 0 Å². The quantitative estimate of drug-likeness (QED) is 0.650. The number of ether oxygens (including phenoxy) is 1. The number of nitrogens with zero attached hydrogens (tertiary/aromatic N) is 1. The highest BCUT2D eigenvalue weighted by Crippen LogP contribution is 2.45. The Labute approximate surface area is 170 Å². The summed E-state index contributed by atoms with van der Waals surface area (Å²) in [6, 6.07) is 21.5. The molecule has 1 unspecified atom stereocenters. The van der Waals surface area contributed by atoms with E-state index in [-0.39, 0.29) is 12.1 Å². The average molecular weight is 385 g/mol. The molecule has 0 fully saturated rings. The van der Waals surface area contributed by atoms with Crippen LogP contribution in [0.2, 0.25) is 0 Å². The van der Waals surface area contributed by atoms with Crippen LogP contribution in [0.4, 0.5) is 11.4 Å². The fraction of sp³-hybridized carbons (Fsp3) is 0.240. The van der Waals surface area contributed by atoms with Gasteiger partial charge < -0.3 is 14.7 Å². The number of fused-ring (bicyclic) bond motifs is 3. The van der Waals surface area contributed by atoms with Crippen LogP contribution in [-0.2, 0) is 22.4 Å². The zero-order chi connectivity index (χ0) is 20.0. The van der Waals surface area contributed by atoms with Crippen LogP contribution in [-0.4, -0.2) is 24.2 Å². The highest BCUT2D eigenvalue weighted by Gasteiger charge is 2.36. The number of carbonyl (C=O) groups excluding carboxylic acids is 1. The van der Waals surface area contributed by atoms with E-state index in [1.807, 2.05) is 55.6 Å². The largest absolute Gasteiger partial charge is 0.508 e. The lowest BCUT2D eigenvalue weighted by Crippen LogP contribution is -2.31. The molecule has 146 valence electrons. The maximum atomic E-state index is 13.4. The van der Waals surface area contributed by atoms with Crippen molar-refractivity contribution in [3.8, 4) is 5.75 Å². The Morgan fingerprint density at radius 1 is 0.966 bits per heavy atom. The summed E-state index contributed by atoms with van der Waals surface area (Å²) >= 11 is 0. The Kier molecular flexibility index (Phi) is 4.27. The first kappa shape index (κ1) is 17.8. The van der Waals surface area contributed by atoms with Crippen molar-refractivity contribution in [3.05, 3.63) is 89.0 Å². The highest BCUT2D eigenvalue weighted by molar-refractivity contribution is 5.91. The predicted molar refractivity (Wildman–Crippen MR) is 113 cm³/mol. The molecular formula is C25H23NO3. The van der Waals surface area contributed by atoms with E-state index in [0.29, 0.717) is 12.2 Å². The summed E-state index contributed by atoms with van der Waals surface area (Å²) in [7, 11) is 2.03. The van der Waals surface area contributed by atoms with Crippen molar-refractivity contribution in [1.29, 1.82) is 0 Å². The van der Waals surface area contributed by atoms with Gasteiger partial charge in [-0.2, -0.15) is 0 Å². The average Bonchev–Trinajstić information content (AvgIpc) is 2.74. The molecular weight excluding hydrogens is 362 g/mol. The highest BCUT2D eigenvalue weighted by atomic mass is 16.5. The Balaban J connectivity index is 1.45. The summed E-state index contributed by atoms with van der Waals surface area (Å²) in [5.41, 5.74) is 6.35. The van der Waals surface area contributed by atoms with Crippen molar-refractivity contribution in [1.82, 2.24) is 0 Å². The fourth-order valence-electron chi connectivity index (χ4n) is 4.67. The van der Waals surface area contributed by atoms with E-state index in [2.05, 4.69) is 17.0 Å². The number of phenolic OH excluding ortho intramolecular Hbond substituents is 1. The number of carbonyl (C=O) groups is 1. The first-order valence-electron chi connectivity index (χ1n) is 10.0. The van der Waals surface area contributed by atoms with Gasteiger partial charge in [0, 0.05) is 24.8 Å². The zero-order valence-electron chi connectivity index (χ0n) is 16.3. The summed E-state index contributed by atoms with van der Waals surface area (Å²) < 4.78 is 6.05. The zero-order valence-corrected chi connectivity index (χ0v) is 16.3. The standard InChI is InChI=1S/C25H23NO3/c1-26-22-8-4-2-6-20(22)24(21-7-3-5-9-23(21)26)25(28)29-19-13-11-16-14-18(27)12-10-17(16)15-19/h2-10,12,14,19,24,27H,11,13,15H2,1H3. The van der Waals surface area contributed by atoms with E-state index < -0.39 is 5.92 Å². The normalized spacial score (nSPS) is 17.8. The molecule has 4 nitrogen and oxygen atoms in total. The summed E-state index contributed by atoms with van der Waals surface area (Å²) in [4.78, 5) is 15.5. The number of hydrogen-bond acceptors (Lipinski definition) is 4. The van der Waals surface area contributed by atoms with Gasteiger partial charge in [0.2, 0.25) is 0 Å². The Morgan fingerprint density at radius 2 is 1.62 bits per heavy atom. The molecule has 0 bridgehead atoms.